The van der Waals surface area contributed by atoms with Gasteiger partial charge in [0, 0.05) is 0 Å². The molecule has 0 saturated heterocycles. The minimum absolute atomic E-state index is 0.0494. The van der Waals surface area contributed by atoms with Gasteiger partial charge < -0.3 is 14.9 Å². The summed E-state index contributed by atoms with van der Waals surface area (Å²) in [5.41, 5.74) is 1.11. The van der Waals surface area contributed by atoms with Crippen molar-refractivity contribution in [3.05, 3.63) is 59.7 Å². The summed E-state index contributed by atoms with van der Waals surface area (Å²) in [6.07, 6.45) is 0. The zero-order chi connectivity index (χ0) is 13.0. The number of benzene rings is 2. The summed E-state index contributed by atoms with van der Waals surface area (Å²) in [5.74, 6) is 0.0101. The number of aromatic hydroxyl groups is 1. The Morgan fingerprint density at radius 1 is 1.00 bits per heavy atom. The molecule has 2 rings (SSSR count). The van der Waals surface area contributed by atoms with Crippen molar-refractivity contribution < 1.29 is 19.7 Å². The summed E-state index contributed by atoms with van der Waals surface area (Å²) in [7, 11) is 0. The van der Waals surface area contributed by atoms with E-state index in [0.717, 1.165) is 5.56 Å². The third-order valence-corrected chi connectivity index (χ3v) is 2.42. The smallest absolute Gasteiger partial charge is 0.343 e. The SMILES string of the molecule is O=C(Oc1ccc(CO)cc1)c1ccc(O)cc1. The Bertz CT molecular complexity index is 529. The normalized spacial score (nSPS) is 10.1. The molecule has 92 valence electrons. The quantitative estimate of drug-likeness (QED) is 0.641. The van der Waals surface area contributed by atoms with Crippen LogP contribution in [0.3, 0.4) is 0 Å². The molecule has 0 heterocycles. The molecule has 4 heteroatoms. The van der Waals surface area contributed by atoms with Crippen molar-refractivity contribution in [3.8, 4) is 11.5 Å². The summed E-state index contributed by atoms with van der Waals surface area (Å²) in [6, 6.07) is 12.4. The maximum Gasteiger partial charge on any atom is 0.343 e. The molecule has 0 radical (unpaired) electrons. The standard InChI is InChI=1S/C14H12O4/c15-9-10-1-7-13(8-2-10)18-14(17)11-3-5-12(16)6-4-11/h1-8,15-16H,9H2. The van der Waals surface area contributed by atoms with Crippen LogP contribution in [0.1, 0.15) is 15.9 Å². The van der Waals surface area contributed by atoms with Crippen molar-refractivity contribution in [2.75, 3.05) is 0 Å². The van der Waals surface area contributed by atoms with E-state index in [9.17, 15) is 4.79 Å². The maximum absolute atomic E-state index is 11.7. The number of hydrogen-bond donors (Lipinski definition) is 2. The molecular weight excluding hydrogens is 232 g/mol. The minimum atomic E-state index is -0.494. The van der Waals surface area contributed by atoms with Crippen molar-refractivity contribution in [1.29, 1.82) is 0 Å². The Balaban J connectivity index is 2.08. The highest BCUT2D eigenvalue weighted by molar-refractivity contribution is 5.91. The molecule has 0 spiro atoms. The number of hydrogen-bond acceptors (Lipinski definition) is 4. The molecule has 0 aliphatic rings. The Labute approximate surface area is 104 Å². The summed E-state index contributed by atoms with van der Waals surface area (Å²) < 4.78 is 5.14. The van der Waals surface area contributed by atoms with Gasteiger partial charge >= 0.3 is 5.97 Å². The topological polar surface area (TPSA) is 66.8 Å². The molecule has 2 N–H and O–H groups in total. The van der Waals surface area contributed by atoms with Crippen LogP contribution in [-0.2, 0) is 6.61 Å². The summed E-state index contributed by atoms with van der Waals surface area (Å²) in [4.78, 5) is 11.7. The first-order chi connectivity index (χ1) is 8.69. The van der Waals surface area contributed by atoms with Gasteiger partial charge in [-0.3, -0.25) is 0 Å². The second kappa shape index (κ2) is 5.33. The van der Waals surface area contributed by atoms with Crippen molar-refractivity contribution in [3.63, 3.8) is 0 Å². The third-order valence-electron chi connectivity index (χ3n) is 2.42. The van der Waals surface area contributed by atoms with Gasteiger partial charge in [0.15, 0.2) is 0 Å². The first kappa shape index (κ1) is 12.1. The molecule has 0 fully saturated rings. The van der Waals surface area contributed by atoms with E-state index in [4.69, 9.17) is 14.9 Å². The highest BCUT2D eigenvalue weighted by Crippen LogP contribution is 2.15. The lowest BCUT2D eigenvalue weighted by Gasteiger charge is -2.05. The highest BCUT2D eigenvalue weighted by atomic mass is 16.5. The van der Waals surface area contributed by atoms with Crippen LogP contribution in [0.25, 0.3) is 0 Å². The Hall–Kier alpha value is -2.33. The van der Waals surface area contributed by atoms with E-state index in [1.165, 1.54) is 24.3 Å². The lowest BCUT2D eigenvalue weighted by atomic mass is 10.2. The molecule has 4 nitrogen and oxygen atoms in total. The van der Waals surface area contributed by atoms with Crippen LogP contribution in [0.5, 0.6) is 11.5 Å². The van der Waals surface area contributed by atoms with Crippen molar-refractivity contribution >= 4 is 5.97 Å². The molecule has 2 aromatic carbocycles. The number of carbonyl (C=O) groups is 1. The van der Waals surface area contributed by atoms with Crippen LogP contribution < -0.4 is 4.74 Å². The van der Waals surface area contributed by atoms with Gasteiger partial charge in [-0.15, -0.1) is 0 Å². The summed E-state index contributed by atoms with van der Waals surface area (Å²) in [5, 5.41) is 18.0. The second-order valence-corrected chi connectivity index (χ2v) is 3.74. The predicted octanol–water partition coefficient (Wildman–Crippen LogP) is 2.10. The summed E-state index contributed by atoms with van der Waals surface area (Å²) in [6.45, 7) is -0.0494. The Morgan fingerprint density at radius 2 is 1.61 bits per heavy atom. The summed E-state index contributed by atoms with van der Waals surface area (Å²) >= 11 is 0. The molecule has 0 aliphatic heterocycles. The molecule has 0 aromatic heterocycles. The minimum Gasteiger partial charge on any atom is -0.508 e. The molecule has 18 heavy (non-hydrogen) atoms. The Morgan fingerprint density at radius 3 is 2.17 bits per heavy atom. The van der Waals surface area contributed by atoms with E-state index in [2.05, 4.69) is 0 Å². The molecule has 0 atom stereocenters. The number of aliphatic hydroxyl groups excluding tert-OH is 1. The largest absolute Gasteiger partial charge is 0.508 e. The van der Waals surface area contributed by atoms with Crippen molar-refractivity contribution in [1.82, 2.24) is 0 Å². The lowest BCUT2D eigenvalue weighted by molar-refractivity contribution is 0.0734. The van der Waals surface area contributed by atoms with E-state index >= 15 is 0 Å². The molecule has 0 saturated carbocycles. The van der Waals surface area contributed by atoms with E-state index in [-0.39, 0.29) is 12.4 Å². The fraction of sp³-hybridized carbons (Fsp3) is 0.0714. The number of ether oxygens (including phenoxy) is 1. The fourth-order valence-corrected chi connectivity index (χ4v) is 1.43. The number of rotatable bonds is 3. The van der Waals surface area contributed by atoms with Gasteiger partial charge in [-0.25, -0.2) is 4.79 Å². The first-order valence-electron chi connectivity index (χ1n) is 5.40. The number of phenols is 1. The van der Waals surface area contributed by atoms with E-state index in [0.29, 0.717) is 11.3 Å². The van der Waals surface area contributed by atoms with Gasteiger partial charge in [-0.2, -0.15) is 0 Å². The first-order valence-corrected chi connectivity index (χ1v) is 5.40. The van der Waals surface area contributed by atoms with E-state index in [1.807, 2.05) is 0 Å². The maximum atomic E-state index is 11.7. The molecule has 0 unspecified atom stereocenters. The van der Waals surface area contributed by atoms with E-state index in [1.54, 1.807) is 24.3 Å². The zero-order valence-corrected chi connectivity index (χ0v) is 9.54. The molecule has 0 bridgehead atoms. The zero-order valence-electron chi connectivity index (χ0n) is 9.54. The lowest BCUT2D eigenvalue weighted by Crippen LogP contribution is -2.08. The molecule has 2 aromatic rings. The highest BCUT2D eigenvalue weighted by Gasteiger charge is 2.08. The van der Waals surface area contributed by atoms with Crippen LogP contribution in [-0.4, -0.2) is 16.2 Å². The van der Waals surface area contributed by atoms with Gasteiger partial charge in [0.05, 0.1) is 12.2 Å². The van der Waals surface area contributed by atoms with Crippen LogP contribution in [0.2, 0.25) is 0 Å². The average Bonchev–Trinajstić information content (AvgIpc) is 2.40. The van der Waals surface area contributed by atoms with Crippen LogP contribution >= 0.6 is 0 Å². The Kier molecular flexibility index (Phi) is 3.60. The van der Waals surface area contributed by atoms with Crippen LogP contribution in [0.15, 0.2) is 48.5 Å². The number of carbonyl (C=O) groups excluding carboxylic acids is 1. The molecule has 0 aliphatic carbocycles. The van der Waals surface area contributed by atoms with Crippen LogP contribution in [0, 0.1) is 0 Å². The van der Waals surface area contributed by atoms with Crippen molar-refractivity contribution in [2.24, 2.45) is 0 Å². The molecular formula is C14H12O4. The number of esters is 1. The third kappa shape index (κ3) is 2.87. The fourth-order valence-electron chi connectivity index (χ4n) is 1.43. The monoisotopic (exact) mass is 244 g/mol. The number of aliphatic hydroxyl groups is 1. The van der Waals surface area contributed by atoms with Gasteiger partial charge in [0.1, 0.15) is 11.5 Å². The van der Waals surface area contributed by atoms with Gasteiger partial charge in [-0.05, 0) is 42.0 Å². The van der Waals surface area contributed by atoms with Crippen LogP contribution in [0.4, 0.5) is 0 Å². The van der Waals surface area contributed by atoms with Gasteiger partial charge in [0.25, 0.3) is 0 Å². The predicted molar refractivity (Wildman–Crippen MR) is 65.4 cm³/mol. The number of phenolic OH excluding ortho intramolecular Hbond substituents is 1. The van der Waals surface area contributed by atoms with E-state index < -0.39 is 5.97 Å². The second-order valence-electron chi connectivity index (χ2n) is 3.74. The van der Waals surface area contributed by atoms with Gasteiger partial charge in [0.2, 0.25) is 0 Å². The van der Waals surface area contributed by atoms with Gasteiger partial charge in [-0.1, -0.05) is 12.1 Å². The van der Waals surface area contributed by atoms with Crippen molar-refractivity contribution in [2.45, 2.75) is 6.61 Å². The average molecular weight is 244 g/mol. The molecule has 0 amide bonds.